The highest BCUT2D eigenvalue weighted by Gasteiger charge is 2.47. The van der Waals surface area contributed by atoms with Gasteiger partial charge in [-0.2, -0.15) is 5.26 Å². The molecule has 0 aromatic rings. The third-order valence-electron chi connectivity index (χ3n) is 3.29. The first-order chi connectivity index (χ1) is 7.18. The number of thiocarbonyl (C=S) groups is 1. The van der Waals surface area contributed by atoms with Gasteiger partial charge in [0.2, 0.25) is 5.91 Å². The van der Waals surface area contributed by atoms with Crippen LogP contribution in [0.5, 0.6) is 0 Å². The van der Waals surface area contributed by atoms with Crippen LogP contribution in [-0.2, 0) is 4.79 Å². The Hall–Kier alpha value is -1.15. The predicted molar refractivity (Wildman–Crippen MR) is 58.8 cm³/mol. The summed E-state index contributed by atoms with van der Waals surface area (Å²) in [6, 6.07) is 2.10. The van der Waals surface area contributed by atoms with Crippen LogP contribution in [0.15, 0.2) is 0 Å². The molecule has 1 heterocycles. The molecule has 1 saturated heterocycles. The molecule has 0 unspecified atom stereocenters. The molecule has 2 aliphatic rings. The quantitative estimate of drug-likeness (QED) is 0.597. The molecule has 1 aliphatic heterocycles. The molecule has 2 N–H and O–H groups in total. The number of hydrogen-bond acceptors (Lipinski definition) is 3. The average Bonchev–Trinajstić information content (AvgIpc) is 2.18. The Morgan fingerprint density at radius 3 is 2.67 bits per heavy atom. The summed E-state index contributed by atoms with van der Waals surface area (Å²) in [5.74, 6) is -0.854. The molecule has 1 amide bonds. The lowest BCUT2D eigenvalue weighted by atomic mass is 9.72. The Bertz CT molecular complexity index is 341. The second-order valence-corrected chi connectivity index (χ2v) is 4.63. The molecular formula is C10H13N3OS. The van der Waals surface area contributed by atoms with Crippen molar-refractivity contribution in [3.63, 3.8) is 0 Å². The van der Waals surface area contributed by atoms with Crippen molar-refractivity contribution in [3.8, 4) is 6.07 Å². The van der Waals surface area contributed by atoms with E-state index in [-0.39, 0.29) is 5.91 Å². The lowest BCUT2D eigenvalue weighted by Gasteiger charge is -2.44. The summed E-state index contributed by atoms with van der Waals surface area (Å²) in [4.78, 5) is 11.6. The van der Waals surface area contributed by atoms with Gasteiger partial charge < -0.3 is 10.6 Å². The molecule has 2 rings (SSSR count). The summed E-state index contributed by atoms with van der Waals surface area (Å²) in [7, 11) is 0. The van der Waals surface area contributed by atoms with Crippen LogP contribution in [0.2, 0.25) is 0 Å². The maximum Gasteiger partial charge on any atom is 0.245 e. The van der Waals surface area contributed by atoms with E-state index < -0.39 is 11.5 Å². The Balaban J connectivity index is 2.29. The van der Waals surface area contributed by atoms with Gasteiger partial charge in [0, 0.05) is 0 Å². The van der Waals surface area contributed by atoms with Crippen molar-refractivity contribution < 1.29 is 4.79 Å². The van der Waals surface area contributed by atoms with E-state index in [4.69, 9.17) is 17.5 Å². The van der Waals surface area contributed by atoms with Crippen molar-refractivity contribution in [2.75, 3.05) is 0 Å². The Morgan fingerprint density at radius 1 is 1.40 bits per heavy atom. The second-order valence-electron chi connectivity index (χ2n) is 4.22. The molecule has 1 atom stereocenters. The highest BCUT2D eigenvalue weighted by atomic mass is 32.1. The van der Waals surface area contributed by atoms with Crippen LogP contribution in [0.25, 0.3) is 0 Å². The molecule has 5 heteroatoms. The third-order valence-corrected chi connectivity index (χ3v) is 3.49. The Labute approximate surface area is 94.0 Å². The minimum absolute atomic E-state index is 0.247. The van der Waals surface area contributed by atoms with E-state index in [1.807, 2.05) is 0 Å². The molecule has 0 aromatic carbocycles. The second kappa shape index (κ2) is 3.78. The molecule has 2 fully saturated rings. The van der Waals surface area contributed by atoms with E-state index >= 15 is 0 Å². The minimum atomic E-state index is -0.607. The molecule has 1 aliphatic carbocycles. The van der Waals surface area contributed by atoms with Gasteiger partial charge in [0.05, 0.1) is 11.6 Å². The van der Waals surface area contributed by atoms with E-state index in [0.717, 1.165) is 25.7 Å². The van der Waals surface area contributed by atoms with E-state index in [1.54, 1.807) is 0 Å². The number of nitrogens with zero attached hydrogens (tertiary/aromatic N) is 1. The molecule has 80 valence electrons. The van der Waals surface area contributed by atoms with Crippen molar-refractivity contribution >= 4 is 23.2 Å². The maximum atomic E-state index is 11.6. The first-order valence-electron chi connectivity index (χ1n) is 5.20. The molecule has 15 heavy (non-hydrogen) atoms. The number of hydrogen-bond donors (Lipinski definition) is 2. The largest absolute Gasteiger partial charge is 0.355 e. The number of nitriles is 1. The zero-order chi connectivity index (χ0) is 10.9. The van der Waals surface area contributed by atoms with Crippen molar-refractivity contribution in [1.29, 1.82) is 5.26 Å². The highest BCUT2D eigenvalue weighted by molar-refractivity contribution is 7.80. The summed E-state index contributed by atoms with van der Waals surface area (Å²) >= 11 is 4.98. The van der Waals surface area contributed by atoms with E-state index in [0.29, 0.717) is 5.11 Å². The number of carbonyl (C=O) groups excluding carboxylic acids is 1. The first kappa shape index (κ1) is 10.4. The van der Waals surface area contributed by atoms with E-state index in [9.17, 15) is 4.79 Å². The van der Waals surface area contributed by atoms with Crippen molar-refractivity contribution in [2.24, 2.45) is 5.92 Å². The summed E-state index contributed by atoms with van der Waals surface area (Å²) in [5, 5.41) is 15.1. The van der Waals surface area contributed by atoms with Crippen LogP contribution in [0, 0.1) is 17.2 Å². The van der Waals surface area contributed by atoms with Crippen molar-refractivity contribution in [3.05, 3.63) is 0 Å². The molecular weight excluding hydrogens is 210 g/mol. The zero-order valence-electron chi connectivity index (χ0n) is 8.38. The fourth-order valence-corrected chi connectivity index (χ4v) is 2.85. The normalized spacial score (nSPS) is 29.1. The monoisotopic (exact) mass is 223 g/mol. The molecule has 1 saturated carbocycles. The molecule has 0 aromatic heterocycles. The summed E-state index contributed by atoms with van der Waals surface area (Å²) in [6.45, 7) is 0. The Kier molecular flexibility index (Phi) is 2.61. The number of nitrogens with one attached hydrogen (secondary N) is 2. The molecule has 4 nitrogen and oxygen atoms in total. The highest BCUT2D eigenvalue weighted by Crippen LogP contribution is 2.35. The number of rotatable bonds is 0. The molecule has 0 bridgehead atoms. The van der Waals surface area contributed by atoms with Crippen LogP contribution in [-0.4, -0.2) is 16.6 Å². The Morgan fingerprint density at radius 2 is 2.07 bits per heavy atom. The maximum absolute atomic E-state index is 11.6. The first-order valence-corrected chi connectivity index (χ1v) is 5.61. The lowest BCUT2D eigenvalue weighted by molar-refractivity contribution is -0.125. The standard InChI is InChI=1S/C10H13N3OS/c11-6-7-8(14)12-9(15)13-10(7)4-2-1-3-5-10/h7H,1-5H2,(H2,12,13,14,15)/t7-/m0/s1. The number of amides is 1. The molecule has 1 spiro atoms. The summed E-state index contributed by atoms with van der Waals surface area (Å²) in [6.07, 6.45) is 5.01. The average molecular weight is 223 g/mol. The van der Waals surface area contributed by atoms with Gasteiger partial charge in [-0.1, -0.05) is 19.3 Å². The van der Waals surface area contributed by atoms with Crippen molar-refractivity contribution in [1.82, 2.24) is 10.6 Å². The van der Waals surface area contributed by atoms with Crippen LogP contribution in [0.3, 0.4) is 0 Å². The van der Waals surface area contributed by atoms with Gasteiger partial charge in [0.15, 0.2) is 5.11 Å². The van der Waals surface area contributed by atoms with Crippen LogP contribution in [0.1, 0.15) is 32.1 Å². The van der Waals surface area contributed by atoms with Gasteiger partial charge in [0.25, 0.3) is 0 Å². The smallest absolute Gasteiger partial charge is 0.245 e. The summed E-state index contributed by atoms with van der Waals surface area (Å²) in [5.41, 5.74) is -0.396. The number of carbonyl (C=O) groups is 1. The van der Waals surface area contributed by atoms with Gasteiger partial charge in [-0.05, 0) is 25.1 Å². The fraction of sp³-hybridized carbons (Fsp3) is 0.700. The van der Waals surface area contributed by atoms with Gasteiger partial charge >= 0.3 is 0 Å². The zero-order valence-corrected chi connectivity index (χ0v) is 9.19. The van der Waals surface area contributed by atoms with E-state index in [1.165, 1.54) is 6.42 Å². The fourth-order valence-electron chi connectivity index (χ4n) is 2.54. The SMILES string of the molecule is N#C[C@H]1C(=O)NC(=S)NC12CCCCC2. The van der Waals surface area contributed by atoms with Crippen molar-refractivity contribution in [2.45, 2.75) is 37.6 Å². The van der Waals surface area contributed by atoms with Crippen LogP contribution < -0.4 is 10.6 Å². The minimum Gasteiger partial charge on any atom is -0.355 e. The van der Waals surface area contributed by atoms with Crippen LogP contribution in [0.4, 0.5) is 0 Å². The van der Waals surface area contributed by atoms with Gasteiger partial charge in [-0.25, -0.2) is 0 Å². The lowest BCUT2D eigenvalue weighted by Crippen LogP contribution is -2.66. The van der Waals surface area contributed by atoms with E-state index in [2.05, 4.69) is 16.7 Å². The third kappa shape index (κ3) is 1.70. The summed E-state index contributed by atoms with van der Waals surface area (Å²) < 4.78 is 0. The van der Waals surface area contributed by atoms with Gasteiger partial charge in [0.1, 0.15) is 5.92 Å². The van der Waals surface area contributed by atoms with Crippen LogP contribution >= 0.6 is 12.2 Å². The van der Waals surface area contributed by atoms with Gasteiger partial charge in [-0.3, -0.25) is 4.79 Å². The molecule has 0 radical (unpaired) electrons. The van der Waals surface area contributed by atoms with Gasteiger partial charge in [-0.15, -0.1) is 0 Å². The predicted octanol–water partition coefficient (Wildman–Crippen LogP) is 0.833. The topological polar surface area (TPSA) is 64.9 Å².